The van der Waals surface area contributed by atoms with Gasteiger partial charge in [-0.05, 0) is 6.92 Å². The summed E-state index contributed by atoms with van der Waals surface area (Å²) in [7, 11) is 1.40. The molecule has 0 radical (unpaired) electrons. The zero-order valence-corrected chi connectivity index (χ0v) is 10.1. The molecule has 1 unspecified atom stereocenters. The van der Waals surface area contributed by atoms with Crippen LogP contribution in [0.15, 0.2) is 29.3 Å². The number of benzene rings is 1. The first kappa shape index (κ1) is 11.2. The fraction of sp³-hybridized carbons (Fsp3) is 0.333. The molecule has 16 heavy (non-hydrogen) atoms. The molecular weight excluding hydrogens is 222 g/mol. The molecule has 0 amide bonds. The van der Waals surface area contributed by atoms with Crippen LogP contribution >= 0.6 is 11.8 Å². The van der Waals surface area contributed by atoms with Crippen LogP contribution in [0.4, 0.5) is 0 Å². The van der Waals surface area contributed by atoms with Crippen LogP contribution in [0.3, 0.4) is 0 Å². The highest BCUT2D eigenvalue weighted by atomic mass is 32.2. The van der Waals surface area contributed by atoms with E-state index >= 15 is 0 Å². The van der Waals surface area contributed by atoms with Crippen LogP contribution in [-0.4, -0.2) is 29.9 Å². The summed E-state index contributed by atoms with van der Waals surface area (Å²) in [5.41, 5.74) is 2.29. The van der Waals surface area contributed by atoms with Crippen molar-refractivity contribution in [3.05, 3.63) is 35.4 Å². The van der Waals surface area contributed by atoms with E-state index in [1.807, 2.05) is 31.2 Å². The molecule has 0 aliphatic carbocycles. The summed E-state index contributed by atoms with van der Waals surface area (Å²) in [5, 5.41) is 0.926. The van der Waals surface area contributed by atoms with E-state index in [1.165, 1.54) is 12.7 Å². The molecule has 1 atom stereocenters. The lowest BCUT2D eigenvalue weighted by molar-refractivity contribution is -0.141. The Kier molecular flexibility index (Phi) is 3.29. The first-order chi connectivity index (χ1) is 7.70. The predicted octanol–water partition coefficient (Wildman–Crippen LogP) is 2.03. The molecule has 0 N–H and O–H groups in total. The minimum Gasteiger partial charge on any atom is -0.467 e. The van der Waals surface area contributed by atoms with Crippen molar-refractivity contribution in [1.82, 2.24) is 0 Å². The van der Waals surface area contributed by atoms with Crippen LogP contribution in [-0.2, 0) is 9.53 Å². The Bertz CT molecular complexity index is 425. The SMILES string of the molecule is COC(=O)C1CSC(c2ccc(C)cc2)=N1. The molecule has 4 heteroatoms. The Hall–Kier alpha value is -1.29. The van der Waals surface area contributed by atoms with Gasteiger partial charge in [0.05, 0.1) is 12.2 Å². The van der Waals surface area contributed by atoms with Crippen LogP contribution in [0.25, 0.3) is 0 Å². The molecule has 84 valence electrons. The summed E-state index contributed by atoms with van der Waals surface area (Å²) in [5.74, 6) is 0.421. The van der Waals surface area contributed by atoms with Gasteiger partial charge in [-0.25, -0.2) is 4.79 Å². The summed E-state index contributed by atoms with van der Waals surface area (Å²) in [4.78, 5) is 15.7. The molecule has 1 heterocycles. The van der Waals surface area contributed by atoms with E-state index in [-0.39, 0.29) is 12.0 Å². The number of carbonyl (C=O) groups is 1. The quantitative estimate of drug-likeness (QED) is 0.736. The molecule has 2 rings (SSSR count). The van der Waals surface area contributed by atoms with E-state index in [2.05, 4.69) is 9.73 Å². The van der Waals surface area contributed by atoms with Crippen molar-refractivity contribution in [2.24, 2.45) is 4.99 Å². The minimum absolute atomic E-state index is 0.255. The highest BCUT2D eigenvalue weighted by Crippen LogP contribution is 2.24. The second kappa shape index (κ2) is 4.70. The van der Waals surface area contributed by atoms with Crippen LogP contribution in [0.5, 0.6) is 0 Å². The van der Waals surface area contributed by atoms with E-state index in [0.717, 1.165) is 10.6 Å². The van der Waals surface area contributed by atoms with E-state index in [4.69, 9.17) is 0 Å². The maximum absolute atomic E-state index is 11.3. The average molecular weight is 235 g/mol. The first-order valence-corrected chi connectivity index (χ1v) is 6.04. The third kappa shape index (κ3) is 2.27. The minimum atomic E-state index is -0.341. The molecule has 1 aromatic carbocycles. The molecule has 0 saturated carbocycles. The number of hydrogen-bond donors (Lipinski definition) is 0. The Morgan fingerprint density at radius 1 is 1.44 bits per heavy atom. The second-order valence-electron chi connectivity index (χ2n) is 3.65. The zero-order valence-electron chi connectivity index (χ0n) is 9.27. The van der Waals surface area contributed by atoms with Gasteiger partial charge in [-0.3, -0.25) is 4.99 Å². The van der Waals surface area contributed by atoms with E-state index in [1.54, 1.807) is 11.8 Å². The van der Waals surface area contributed by atoms with Crippen molar-refractivity contribution >= 4 is 22.8 Å². The Balaban J connectivity index is 2.17. The van der Waals surface area contributed by atoms with E-state index in [9.17, 15) is 4.79 Å². The predicted molar refractivity (Wildman–Crippen MR) is 66.0 cm³/mol. The lowest BCUT2D eigenvalue weighted by Gasteiger charge is -2.01. The first-order valence-electron chi connectivity index (χ1n) is 5.06. The number of thioether (sulfide) groups is 1. The van der Waals surface area contributed by atoms with Gasteiger partial charge in [0, 0.05) is 11.3 Å². The van der Waals surface area contributed by atoms with Crippen LogP contribution in [0.2, 0.25) is 0 Å². The third-order valence-corrected chi connectivity index (χ3v) is 3.52. The Morgan fingerprint density at radius 3 is 2.75 bits per heavy atom. The second-order valence-corrected chi connectivity index (χ2v) is 4.66. The molecule has 0 bridgehead atoms. The molecule has 1 aliphatic rings. The highest BCUT2D eigenvalue weighted by molar-refractivity contribution is 8.14. The van der Waals surface area contributed by atoms with Gasteiger partial charge in [0.1, 0.15) is 0 Å². The molecule has 1 aliphatic heterocycles. The number of rotatable bonds is 2. The van der Waals surface area contributed by atoms with E-state index in [0.29, 0.717) is 5.75 Å². The van der Waals surface area contributed by atoms with Crippen molar-refractivity contribution < 1.29 is 9.53 Å². The summed E-state index contributed by atoms with van der Waals surface area (Å²) < 4.78 is 4.68. The fourth-order valence-corrected chi connectivity index (χ4v) is 2.52. The molecule has 1 aromatic rings. The highest BCUT2D eigenvalue weighted by Gasteiger charge is 2.26. The number of aryl methyl sites for hydroxylation is 1. The fourth-order valence-electron chi connectivity index (χ4n) is 1.48. The number of hydrogen-bond acceptors (Lipinski definition) is 4. The normalized spacial score (nSPS) is 19.4. The number of methoxy groups -OCH3 is 1. The van der Waals surface area contributed by atoms with Gasteiger partial charge in [0.15, 0.2) is 6.04 Å². The number of nitrogens with zero attached hydrogens (tertiary/aromatic N) is 1. The monoisotopic (exact) mass is 235 g/mol. The maximum Gasteiger partial charge on any atom is 0.331 e. The van der Waals surface area contributed by atoms with Gasteiger partial charge in [-0.1, -0.05) is 29.8 Å². The lowest BCUT2D eigenvalue weighted by atomic mass is 10.2. The molecule has 0 fully saturated rings. The molecule has 0 spiro atoms. The largest absolute Gasteiger partial charge is 0.467 e. The molecular formula is C12H13NO2S. The van der Waals surface area contributed by atoms with Gasteiger partial charge in [0.25, 0.3) is 0 Å². The van der Waals surface area contributed by atoms with Crippen molar-refractivity contribution in [2.75, 3.05) is 12.9 Å². The Labute approximate surface area is 98.9 Å². The van der Waals surface area contributed by atoms with Gasteiger partial charge >= 0.3 is 5.97 Å². The van der Waals surface area contributed by atoms with Crippen LogP contribution < -0.4 is 0 Å². The Morgan fingerprint density at radius 2 is 2.12 bits per heavy atom. The van der Waals surface area contributed by atoms with Gasteiger partial charge in [-0.2, -0.15) is 0 Å². The number of esters is 1. The molecule has 0 aromatic heterocycles. The topological polar surface area (TPSA) is 38.7 Å². The summed E-state index contributed by atoms with van der Waals surface area (Å²) in [6.45, 7) is 2.05. The zero-order chi connectivity index (χ0) is 11.5. The summed E-state index contributed by atoms with van der Waals surface area (Å²) in [6, 6.07) is 7.81. The van der Waals surface area contributed by atoms with Crippen molar-refractivity contribution in [1.29, 1.82) is 0 Å². The maximum atomic E-state index is 11.3. The van der Waals surface area contributed by atoms with Gasteiger partial charge in [-0.15, -0.1) is 11.8 Å². The van der Waals surface area contributed by atoms with Crippen molar-refractivity contribution in [3.8, 4) is 0 Å². The summed E-state index contributed by atoms with van der Waals surface area (Å²) in [6.07, 6.45) is 0. The smallest absolute Gasteiger partial charge is 0.331 e. The van der Waals surface area contributed by atoms with Crippen LogP contribution in [0, 0.1) is 6.92 Å². The average Bonchev–Trinajstić information content (AvgIpc) is 2.78. The standard InChI is InChI=1S/C12H13NO2S/c1-8-3-5-9(6-4-8)11-13-10(7-16-11)12(14)15-2/h3-6,10H,7H2,1-2H3. The third-order valence-electron chi connectivity index (χ3n) is 2.42. The lowest BCUT2D eigenvalue weighted by Crippen LogP contribution is -2.19. The molecule has 0 saturated heterocycles. The van der Waals surface area contributed by atoms with Gasteiger partial charge < -0.3 is 4.74 Å². The summed E-state index contributed by atoms with van der Waals surface area (Å²) >= 11 is 1.60. The molecule has 3 nitrogen and oxygen atoms in total. The number of carbonyl (C=O) groups excluding carboxylic acids is 1. The van der Waals surface area contributed by atoms with Gasteiger partial charge in [0.2, 0.25) is 0 Å². The van der Waals surface area contributed by atoms with Crippen molar-refractivity contribution in [3.63, 3.8) is 0 Å². The van der Waals surface area contributed by atoms with Crippen LogP contribution in [0.1, 0.15) is 11.1 Å². The number of ether oxygens (including phenoxy) is 1. The van der Waals surface area contributed by atoms with Crippen molar-refractivity contribution in [2.45, 2.75) is 13.0 Å². The van der Waals surface area contributed by atoms with E-state index < -0.39 is 0 Å². The number of aliphatic imine (C=N–C) groups is 1.